The zero-order valence-corrected chi connectivity index (χ0v) is 11.7. The second kappa shape index (κ2) is 5.11. The molecule has 5 nitrogen and oxygen atoms in total. The fraction of sp³-hybridized carbons (Fsp3) is 0.467. The predicted molar refractivity (Wildman–Crippen MR) is 72.6 cm³/mol. The minimum atomic E-state index is -0.472. The van der Waals surface area contributed by atoms with Crippen molar-refractivity contribution in [2.45, 2.75) is 18.6 Å². The molecule has 6 heteroatoms. The lowest BCUT2D eigenvalue weighted by Crippen LogP contribution is -2.55. The minimum Gasteiger partial charge on any atom is -0.389 e. The summed E-state index contributed by atoms with van der Waals surface area (Å²) in [6.07, 6.45) is -0.308. The van der Waals surface area contributed by atoms with E-state index in [2.05, 4.69) is 0 Å². The van der Waals surface area contributed by atoms with Crippen molar-refractivity contribution in [3.63, 3.8) is 0 Å². The van der Waals surface area contributed by atoms with E-state index in [1.54, 1.807) is 29.0 Å². The Hall–Kier alpha value is -1.95. The second-order valence-electron chi connectivity index (χ2n) is 5.71. The van der Waals surface area contributed by atoms with Gasteiger partial charge < -0.3 is 14.9 Å². The van der Waals surface area contributed by atoms with Gasteiger partial charge in [-0.3, -0.25) is 9.59 Å². The van der Waals surface area contributed by atoms with Crippen molar-refractivity contribution in [1.29, 1.82) is 0 Å². The Morgan fingerprint density at radius 1 is 1.29 bits per heavy atom. The van der Waals surface area contributed by atoms with Gasteiger partial charge in [0.05, 0.1) is 18.1 Å². The van der Waals surface area contributed by atoms with Gasteiger partial charge in [-0.05, 0) is 17.7 Å². The van der Waals surface area contributed by atoms with Crippen molar-refractivity contribution in [3.8, 4) is 0 Å². The molecule has 0 aliphatic carbocycles. The van der Waals surface area contributed by atoms with Gasteiger partial charge in [0.15, 0.2) is 0 Å². The van der Waals surface area contributed by atoms with E-state index in [0.29, 0.717) is 13.1 Å². The molecular formula is C15H17FN2O3. The smallest absolute Gasteiger partial charge is 0.228 e. The number of hydrogen-bond acceptors (Lipinski definition) is 3. The van der Waals surface area contributed by atoms with Gasteiger partial charge in [-0.15, -0.1) is 0 Å². The molecule has 0 radical (unpaired) electrons. The first-order chi connectivity index (χ1) is 9.97. The van der Waals surface area contributed by atoms with Gasteiger partial charge in [0.2, 0.25) is 11.8 Å². The molecule has 0 saturated carbocycles. The maximum atomic E-state index is 13.1. The molecule has 2 heterocycles. The molecule has 2 fully saturated rings. The van der Waals surface area contributed by atoms with Crippen LogP contribution >= 0.6 is 0 Å². The standard InChI is InChI=1S/C15H17FN2O3/c1-17-13(20)6-12(15(21)18-7-11(19)8-18)14(17)9-2-4-10(16)5-3-9/h2-5,11-12,14,19H,6-8H2,1H3. The van der Waals surface area contributed by atoms with Crippen LogP contribution in [0.5, 0.6) is 0 Å². The molecule has 1 aromatic carbocycles. The highest BCUT2D eigenvalue weighted by Crippen LogP contribution is 2.38. The van der Waals surface area contributed by atoms with Crippen LogP contribution in [0.25, 0.3) is 0 Å². The number of β-amino-alcohol motifs (C(OH)–C–C–N with tert-alkyl or cyclic N) is 1. The van der Waals surface area contributed by atoms with E-state index < -0.39 is 12.0 Å². The average molecular weight is 292 g/mol. The summed E-state index contributed by atoms with van der Waals surface area (Å²) in [6.45, 7) is 0.646. The van der Waals surface area contributed by atoms with Crippen LogP contribution in [-0.2, 0) is 9.59 Å². The lowest BCUT2D eigenvalue weighted by Gasteiger charge is -2.38. The first-order valence-electron chi connectivity index (χ1n) is 6.95. The summed E-state index contributed by atoms with van der Waals surface area (Å²) in [6, 6.07) is 5.52. The lowest BCUT2D eigenvalue weighted by atomic mass is 9.91. The summed E-state index contributed by atoms with van der Waals surface area (Å²) in [5.74, 6) is -1.03. The molecule has 1 aromatic rings. The molecular weight excluding hydrogens is 275 g/mol. The zero-order chi connectivity index (χ0) is 15.1. The van der Waals surface area contributed by atoms with Crippen molar-refractivity contribution in [1.82, 2.24) is 9.80 Å². The molecule has 21 heavy (non-hydrogen) atoms. The number of benzene rings is 1. The molecule has 3 rings (SSSR count). The van der Waals surface area contributed by atoms with Crippen LogP contribution in [0.3, 0.4) is 0 Å². The van der Waals surface area contributed by atoms with Crippen molar-refractivity contribution >= 4 is 11.8 Å². The molecule has 2 atom stereocenters. The zero-order valence-electron chi connectivity index (χ0n) is 11.7. The third-order valence-electron chi connectivity index (χ3n) is 4.29. The van der Waals surface area contributed by atoms with Crippen LogP contribution in [0, 0.1) is 11.7 Å². The van der Waals surface area contributed by atoms with Crippen LogP contribution in [0.4, 0.5) is 4.39 Å². The third-order valence-corrected chi connectivity index (χ3v) is 4.29. The van der Waals surface area contributed by atoms with Crippen LogP contribution in [0.1, 0.15) is 18.0 Å². The Labute approximate surface area is 122 Å². The van der Waals surface area contributed by atoms with Crippen molar-refractivity contribution in [2.24, 2.45) is 5.92 Å². The molecule has 0 aromatic heterocycles. The predicted octanol–water partition coefficient (Wildman–Crippen LogP) is 0.548. The number of likely N-dealkylation sites (tertiary alicyclic amines) is 2. The Balaban J connectivity index is 1.85. The number of carbonyl (C=O) groups excluding carboxylic acids is 2. The van der Waals surface area contributed by atoms with E-state index >= 15 is 0 Å². The first-order valence-corrected chi connectivity index (χ1v) is 6.95. The maximum absolute atomic E-state index is 13.1. The number of carbonyl (C=O) groups is 2. The Morgan fingerprint density at radius 2 is 1.90 bits per heavy atom. The van der Waals surface area contributed by atoms with Gasteiger partial charge in [0.1, 0.15) is 5.82 Å². The Bertz CT molecular complexity index is 569. The minimum absolute atomic E-state index is 0.0938. The number of nitrogens with zero attached hydrogens (tertiary/aromatic N) is 2. The number of aliphatic hydroxyl groups is 1. The van der Waals surface area contributed by atoms with Crippen molar-refractivity contribution in [3.05, 3.63) is 35.6 Å². The fourth-order valence-corrected chi connectivity index (χ4v) is 3.08. The van der Waals surface area contributed by atoms with E-state index in [1.807, 2.05) is 0 Å². The molecule has 2 saturated heterocycles. The number of hydrogen-bond donors (Lipinski definition) is 1. The number of rotatable bonds is 2. The van der Waals surface area contributed by atoms with Crippen molar-refractivity contribution < 1.29 is 19.1 Å². The lowest BCUT2D eigenvalue weighted by molar-refractivity contribution is -0.146. The monoisotopic (exact) mass is 292 g/mol. The van der Waals surface area contributed by atoms with Crippen molar-refractivity contribution in [2.75, 3.05) is 20.1 Å². The van der Waals surface area contributed by atoms with E-state index in [9.17, 15) is 19.1 Å². The Kier molecular flexibility index (Phi) is 3.41. The van der Waals surface area contributed by atoms with Gasteiger partial charge in [0, 0.05) is 26.6 Å². The van der Waals surface area contributed by atoms with E-state index in [0.717, 1.165) is 5.56 Å². The SMILES string of the molecule is CN1C(=O)CC(C(=O)N2CC(O)C2)C1c1ccc(F)cc1. The van der Waals surface area contributed by atoms with Gasteiger partial charge in [-0.1, -0.05) is 12.1 Å². The van der Waals surface area contributed by atoms with Crippen LogP contribution < -0.4 is 0 Å². The maximum Gasteiger partial charge on any atom is 0.228 e. The highest BCUT2D eigenvalue weighted by Gasteiger charge is 2.46. The molecule has 2 aliphatic heterocycles. The molecule has 2 aliphatic rings. The topological polar surface area (TPSA) is 60.9 Å². The normalized spacial score (nSPS) is 26.1. The average Bonchev–Trinajstić information content (AvgIpc) is 2.72. The molecule has 2 amide bonds. The number of halogens is 1. The summed E-state index contributed by atoms with van der Waals surface area (Å²) in [7, 11) is 1.66. The van der Waals surface area contributed by atoms with Crippen LogP contribution in [0.2, 0.25) is 0 Å². The summed E-state index contributed by atoms with van der Waals surface area (Å²) in [4.78, 5) is 27.6. The molecule has 0 spiro atoms. The number of aliphatic hydroxyl groups excluding tert-OH is 1. The van der Waals surface area contributed by atoms with E-state index in [-0.39, 0.29) is 30.1 Å². The Morgan fingerprint density at radius 3 is 2.48 bits per heavy atom. The highest BCUT2D eigenvalue weighted by molar-refractivity contribution is 5.90. The second-order valence-corrected chi connectivity index (χ2v) is 5.71. The molecule has 112 valence electrons. The first kappa shape index (κ1) is 14.0. The summed E-state index contributed by atoms with van der Waals surface area (Å²) in [5.41, 5.74) is 0.754. The van der Waals surface area contributed by atoms with Gasteiger partial charge >= 0.3 is 0 Å². The van der Waals surface area contributed by atoms with Gasteiger partial charge in [-0.2, -0.15) is 0 Å². The highest BCUT2D eigenvalue weighted by atomic mass is 19.1. The fourth-order valence-electron chi connectivity index (χ4n) is 3.08. The quantitative estimate of drug-likeness (QED) is 0.866. The summed E-state index contributed by atoms with van der Waals surface area (Å²) >= 11 is 0. The third kappa shape index (κ3) is 2.40. The van der Waals surface area contributed by atoms with Gasteiger partial charge in [0.25, 0.3) is 0 Å². The number of amides is 2. The summed E-state index contributed by atoms with van der Waals surface area (Å²) in [5, 5.41) is 9.31. The summed E-state index contributed by atoms with van der Waals surface area (Å²) < 4.78 is 13.1. The van der Waals surface area contributed by atoms with Crippen LogP contribution in [0.15, 0.2) is 24.3 Å². The molecule has 1 N–H and O–H groups in total. The van der Waals surface area contributed by atoms with Gasteiger partial charge in [-0.25, -0.2) is 4.39 Å². The van der Waals surface area contributed by atoms with E-state index in [4.69, 9.17) is 0 Å². The van der Waals surface area contributed by atoms with E-state index in [1.165, 1.54) is 12.1 Å². The van der Waals surface area contributed by atoms with Crippen LogP contribution in [-0.4, -0.2) is 53.0 Å². The molecule has 0 bridgehead atoms. The molecule has 2 unspecified atom stereocenters. The largest absolute Gasteiger partial charge is 0.389 e.